The summed E-state index contributed by atoms with van der Waals surface area (Å²) in [7, 11) is -3.26. The SMILES string of the molecule is CS(=O)(=O)c1ccc(Cl)c(NCc2ccc(Br)c(Cl)c2)c1. The number of anilines is 1. The predicted molar refractivity (Wildman–Crippen MR) is 91.0 cm³/mol. The van der Waals surface area contributed by atoms with Gasteiger partial charge in [0.15, 0.2) is 9.84 Å². The fourth-order valence-electron chi connectivity index (χ4n) is 1.72. The van der Waals surface area contributed by atoms with Crippen LogP contribution >= 0.6 is 39.1 Å². The molecule has 7 heteroatoms. The average molecular weight is 409 g/mol. The van der Waals surface area contributed by atoms with E-state index in [1.807, 2.05) is 18.2 Å². The Morgan fingerprint density at radius 1 is 1.10 bits per heavy atom. The van der Waals surface area contributed by atoms with Gasteiger partial charge in [0.25, 0.3) is 0 Å². The second-order valence-corrected chi connectivity index (χ2v) is 8.20. The number of hydrogen-bond donors (Lipinski definition) is 1. The molecule has 0 saturated carbocycles. The Kier molecular flexibility index (Phi) is 5.20. The molecule has 0 aliphatic rings. The van der Waals surface area contributed by atoms with Gasteiger partial charge in [-0.15, -0.1) is 0 Å². The molecule has 0 unspecified atom stereocenters. The molecule has 1 N–H and O–H groups in total. The van der Waals surface area contributed by atoms with Gasteiger partial charge in [-0.2, -0.15) is 0 Å². The van der Waals surface area contributed by atoms with Gasteiger partial charge in [-0.25, -0.2) is 8.42 Å². The molecule has 0 saturated heterocycles. The minimum atomic E-state index is -3.26. The molecular weight excluding hydrogens is 397 g/mol. The summed E-state index contributed by atoms with van der Waals surface area (Å²) in [6.45, 7) is 0.486. The molecule has 0 amide bonds. The maximum atomic E-state index is 11.6. The Bertz CT molecular complexity index is 779. The summed E-state index contributed by atoms with van der Waals surface area (Å²) in [6.07, 6.45) is 1.16. The first-order chi connectivity index (χ1) is 9.77. The van der Waals surface area contributed by atoms with E-state index in [1.165, 1.54) is 12.1 Å². The molecule has 0 aliphatic heterocycles. The van der Waals surface area contributed by atoms with Crippen LogP contribution in [0.2, 0.25) is 10.0 Å². The number of sulfone groups is 1. The Morgan fingerprint density at radius 3 is 2.43 bits per heavy atom. The van der Waals surface area contributed by atoms with Gasteiger partial charge >= 0.3 is 0 Å². The molecule has 2 aromatic carbocycles. The third-order valence-corrected chi connectivity index (χ3v) is 5.51. The molecule has 0 aromatic heterocycles. The lowest BCUT2D eigenvalue weighted by Gasteiger charge is -2.10. The van der Waals surface area contributed by atoms with Crippen molar-refractivity contribution in [2.24, 2.45) is 0 Å². The Morgan fingerprint density at radius 2 is 1.81 bits per heavy atom. The highest BCUT2D eigenvalue weighted by atomic mass is 79.9. The minimum absolute atomic E-state index is 0.225. The van der Waals surface area contributed by atoms with Gasteiger partial charge < -0.3 is 5.32 Å². The largest absolute Gasteiger partial charge is 0.380 e. The number of benzene rings is 2. The van der Waals surface area contributed by atoms with Crippen LogP contribution in [-0.2, 0) is 16.4 Å². The lowest BCUT2D eigenvalue weighted by molar-refractivity contribution is 0.602. The minimum Gasteiger partial charge on any atom is -0.380 e. The van der Waals surface area contributed by atoms with Gasteiger partial charge in [-0.3, -0.25) is 0 Å². The third kappa shape index (κ3) is 4.36. The molecule has 0 fully saturated rings. The van der Waals surface area contributed by atoms with Crippen molar-refractivity contribution in [1.29, 1.82) is 0 Å². The molecule has 0 spiro atoms. The molecule has 112 valence electrons. The number of hydrogen-bond acceptors (Lipinski definition) is 3. The molecule has 0 radical (unpaired) electrons. The van der Waals surface area contributed by atoms with Gasteiger partial charge in [-0.1, -0.05) is 29.3 Å². The van der Waals surface area contributed by atoms with Gasteiger partial charge in [0.1, 0.15) is 0 Å². The first kappa shape index (κ1) is 16.6. The number of halogens is 3. The van der Waals surface area contributed by atoms with E-state index in [4.69, 9.17) is 23.2 Å². The van der Waals surface area contributed by atoms with Gasteiger partial charge in [0.2, 0.25) is 0 Å². The van der Waals surface area contributed by atoms with Crippen molar-refractivity contribution in [2.75, 3.05) is 11.6 Å². The fraction of sp³-hybridized carbons (Fsp3) is 0.143. The van der Waals surface area contributed by atoms with E-state index in [0.29, 0.717) is 22.3 Å². The van der Waals surface area contributed by atoms with Crippen molar-refractivity contribution < 1.29 is 8.42 Å². The molecule has 2 aromatic rings. The second-order valence-electron chi connectivity index (χ2n) is 4.52. The highest BCUT2D eigenvalue weighted by Crippen LogP contribution is 2.27. The van der Waals surface area contributed by atoms with Crippen LogP contribution in [0.5, 0.6) is 0 Å². The van der Waals surface area contributed by atoms with Crippen molar-refractivity contribution in [3.63, 3.8) is 0 Å². The Hall–Kier alpha value is -0.750. The van der Waals surface area contributed by atoms with E-state index in [-0.39, 0.29) is 4.90 Å². The molecule has 0 atom stereocenters. The molecule has 0 bridgehead atoms. The van der Waals surface area contributed by atoms with Gasteiger partial charge in [0.05, 0.1) is 20.6 Å². The topological polar surface area (TPSA) is 46.2 Å². The molecule has 2 rings (SSSR count). The van der Waals surface area contributed by atoms with Crippen molar-refractivity contribution in [3.05, 3.63) is 56.5 Å². The van der Waals surface area contributed by atoms with Crippen molar-refractivity contribution >= 4 is 54.7 Å². The zero-order chi connectivity index (χ0) is 15.6. The lowest BCUT2D eigenvalue weighted by Crippen LogP contribution is -2.03. The van der Waals surface area contributed by atoms with Crippen LogP contribution in [-0.4, -0.2) is 14.7 Å². The van der Waals surface area contributed by atoms with Crippen molar-refractivity contribution in [3.8, 4) is 0 Å². The summed E-state index contributed by atoms with van der Waals surface area (Å²) in [5.41, 5.74) is 1.53. The number of rotatable bonds is 4. The van der Waals surface area contributed by atoms with Gasteiger partial charge in [-0.05, 0) is 51.8 Å². The highest BCUT2D eigenvalue weighted by Gasteiger charge is 2.10. The van der Waals surface area contributed by atoms with Crippen molar-refractivity contribution in [2.45, 2.75) is 11.4 Å². The van der Waals surface area contributed by atoms with Crippen LogP contribution < -0.4 is 5.32 Å². The Balaban J connectivity index is 2.21. The first-order valence-electron chi connectivity index (χ1n) is 5.95. The van der Waals surface area contributed by atoms with Crippen molar-refractivity contribution in [1.82, 2.24) is 0 Å². The summed E-state index contributed by atoms with van der Waals surface area (Å²) < 4.78 is 23.9. The molecule has 0 heterocycles. The fourth-order valence-corrected chi connectivity index (χ4v) is 3.00. The quantitative estimate of drug-likeness (QED) is 0.792. The standard InChI is InChI=1S/C14H12BrCl2NO2S/c1-21(19,20)10-3-5-12(16)14(7-10)18-8-9-2-4-11(15)13(17)6-9/h2-7,18H,8H2,1H3. The molecule has 21 heavy (non-hydrogen) atoms. The summed E-state index contributed by atoms with van der Waals surface area (Å²) in [5, 5.41) is 4.20. The smallest absolute Gasteiger partial charge is 0.175 e. The maximum absolute atomic E-state index is 11.6. The normalized spacial score (nSPS) is 11.4. The van der Waals surface area contributed by atoms with Gasteiger partial charge in [0, 0.05) is 17.3 Å². The first-order valence-corrected chi connectivity index (χ1v) is 9.39. The van der Waals surface area contributed by atoms with E-state index < -0.39 is 9.84 Å². The summed E-state index contributed by atoms with van der Waals surface area (Å²) in [6, 6.07) is 10.2. The highest BCUT2D eigenvalue weighted by molar-refractivity contribution is 9.10. The van der Waals surface area contributed by atoms with Crippen LogP contribution in [0.1, 0.15) is 5.56 Å². The summed E-state index contributed by atoms with van der Waals surface area (Å²) >= 11 is 15.4. The monoisotopic (exact) mass is 407 g/mol. The zero-order valence-electron chi connectivity index (χ0n) is 11.0. The Labute approximate surface area is 142 Å². The van der Waals surface area contributed by atoms with Crippen LogP contribution in [0.25, 0.3) is 0 Å². The predicted octanol–water partition coefficient (Wildman–Crippen LogP) is 4.77. The third-order valence-electron chi connectivity index (χ3n) is 2.83. The van der Waals surface area contributed by atoms with E-state index in [0.717, 1.165) is 16.3 Å². The molecular formula is C14H12BrCl2NO2S. The van der Waals surface area contributed by atoms with Crippen LogP contribution in [0.4, 0.5) is 5.69 Å². The zero-order valence-corrected chi connectivity index (χ0v) is 14.9. The van der Waals surface area contributed by atoms with E-state index in [9.17, 15) is 8.42 Å². The second kappa shape index (κ2) is 6.57. The van der Waals surface area contributed by atoms with E-state index >= 15 is 0 Å². The van der Waals surface area contributed by atoms with Crippen LogP contribution in [0.15, 0.2) is 45.8 Å². The molecule has 3 nitrogen and oxygen atoms in total. The van der Waals surface area contributed by atoms with E-state index in [1.54, 1.807) is 6.07 Å². The van der Waals surface area contributed by atoms with Crippen LogP contribution in [0, 0.1) is 0 Å². The molecule has 0 aliphatic carbocycles. The average Bonchev–Trinajstić information content (AvgIpc) is 2.40. The number of nitrogens with one attached hydrogen (secondary N) is 1. The maximum Gasteiger partial charge on any atom is 0.175 e. The summed E-state index contributed by atoms with van der Waals surface area (Å²) in [5.74, 6) is 0. The summed E-state index contributed by atoms with van der Waals surface area (Å²) in [4.78, 5) is 0.225. The lowest BCUT2D eigenvalue weighted by atomic mass is 10.2. The van der Waals surface area contributed by atoms with E-state index in [2.05, 4.69) is 21.2 Å². The van der Waals surface area contributed by atoms with Crippen LogP contribution in [0.3, 0.4) is 0 Å².